The Kier molecular flexibility index (Phi) is 5.14. The Morgan fingerprint density at radius 1 is 1.28 bits per heavy atom. The van der Waals surface area contributed by atoms with Crippen molar-refractivity contribution in [3.63, 3.8) is 0 Å². The van der Waals surface area contributed by atoms with E-state index in [1.807, 2.05) is 0 Å². The molecule has 1 aromatic carbocycles. The van der Waals surface area contributed by atoms with Crippen LogP contribution in [0.5, 0.6) is 0 Å². The van der Waals surface area contributed by atoms with Crippen LogP contribution >= 0.6 is 11.6 Å². The summed E-state index contributed by atoms with van der Waals surface area (Å²) in [6.45, 7) is 0. The van der Waals surface area contributed by atoms with Crippen LogP contribution in [0, 0.1) is 0 Å². The van der Waals surface area contributed by atoms with Crippen molar-refractivity contribution in [3.05, 3.63) is 64.4 Å². The van der Waals surface area contributed by atoms with Gasteiger partial charge in [-0.1, -0.05) is 23.7 Å². The number of hydrogen-bond donors (Lipinski definition) is 1. The van der Waals surface area contributed by atoms with Crippen molar-refractivity contribution in [1.29, 1.82) is 0 Å². The van der Waals surface area contributed by atoms with Gasteiger partial charge in [-0.3, -0.25) is 9.59 Å². The number of carbonyl (C=O) groups excluding carboxylic acids is 2. The number of amides is 2. The molecule has 1 saturated heterocycles. The maximum Gasteiger partial charge on any atom is 0.312 e. The van der Waals surface area contributed by atoms with Gasteiger partial charge in [0.05, 0.1) is 17.2 Å². The third kappa shape index (κ3) is 4.49. The van der Waals surface area contributed by atoms with Crippen LogP contribution in [-0.4, -0.2) is 49.6 Å². The van der Waals surface area contributed by atoms with Gasteiger partial charge in [-0.2, -0.15) is 0 Å². The predicted octanol–water partition coefficient (Wildman–Crippen LogP) is 1.85. The van der Waals surface area contributed by atoms with Gasteiger partial charge in [-0.05, 0) is 48.4 Å². The van der Waals surface area contributed by atoms with E-state index in [4.69, 9.17) is 16.3 Å². The Bertz CT molecular complexity index is 1100. The zero-order valence-electron chi connectivity index (χ0n) is 15.2. The summed E-state index contributed by atoms with van der Waals surface area (Å²) in [6, 6.07) is 6.53. The van der Waals surface area contributed by atoms with E-state index in [0.29, 0.717) is 22.7 Å². The number of halogens is 1. The highest BCUT2D eigenvalue weighted by Crippen LogP contribution is 2.23. The van der Waals surface area contributed by atoms with Crippen molar-refractivity contribution in [2.45, 2.75) is 18.6 Å². The fourth-order valence-corrected chi connectivity index (χ4v) is 5.06. The van der Waals surface area contributed by atoms with Crippen LogP contribution < -0.4 is 5.32 Å². The molecule has 1 aliphatic carbocycles. The molecule has 1 aromatic rings. The smallest absolute Gasteiger partial charge is 0.312 e. The van der Waals surface area contributed by atoms with Crippen LogP contribution in [0.15, 0.2) is 58.8 Å². The third-order valence-corrected chi connectivity index (χ3v) is 6.76. The molecule has 2 atom stereocenters. The Morgan fingerprint density at radius 2 is 2.03 bits per heavy atom. The molecule has 2 heterocycles. The van der Waals surface area contributed by atoms with Gasteiger partial charge in [0.1, 0.15) is 0 Å². The number of benzene rings is 1. The quantitative estimate of drug-likeness (QED) is 0.734. The Hall–Kier alpha value is -2.71. The monoisotopic (exact) mass is 432 g/mol. The summed E-state index contributed by atoms with van der Waals surface area (Å²) in [5.41, 5.74) is 1.37. The molecule has 7 nitrogen and oxygen atoms in total. The second kappa shape index (κ2) is 7.61. The first-order chi connectivity index (χ1) is 13.8. The second-order valence-electron chi connectivity index (χ2n) is 6.97. The van der Waals surface area contributed by atoms with E-state index in [1.54, 1.807) is 42.5 Å². The minimum atomic E-state index is -3.09. The van der Waals surface area contributed by atoms with E-state index < -0.39 is 33.8 Å². The standard InChI is InChI=1S/C20H17ClN2O5S/c21-14-4-1-12(2-5-14)9-18-20(25)23-16-10-13(3-6-17(16)28-18)19(24)22-15-7-8-29(26,27)11-15/h1-6,9-10,15,17H,7-8,11H2,(H,22,24)/b18-9-. The lowest BCUT2D eigenvalue weighted by atomic mass is 10.0. The highest BCUT2D eigenvalue weighted by Gasteiger charge is 2.32. The zero-order valence-corrected chi connectivity index (χ0v) is 16.7. The molecule has 3 aliphatic rings. The lowest BCUT2D eigenvalue weighted by molar-refractivity contribution is -0.119. The van der Waals surface area contributed by atoms with Crippen molar-refractivity contribution < 1.29 is 22.7 Å². The maximum absolute atomic E-state index is 12.4. The van der Waals surface area contributed by atoms with Crippen molar-refractivity contribution >= 4 is 45.0 Å². The number of sulfone groups is 1. The highest BCUT2D eigenvalue weighted by molar-refractivity contribution is 7.91. The first kappa shape index (κ1) is 19.6. The molecule has 29 heavy (non-hydrogen) atoms. The summed E-state index contributed by atoms with van der Waals surface area (Å²) in [4.78, 5) is 28.8. The van der Waals surface area contributed by atoms with E-state index >= 15 is 0 Å². The molecular weight excluding hydrogens is 416 g/mol. The van der Waals surface area contributed by atoms with Crippen molar-refractivity contribution in [2.24, 2.45) is 4.99 Å². The second-order valence-corrected chi connectivity index (χ2v) is 9.64. The predicted molar refractivity (Wildman–Crippen MR) is 109 cm³/mol. The lowest BCUT2D eigenvalue weighted by Crippen LogP contribution is -2.38. The minimum Gasteiger partial charge on any atom is -0.474 e. The Labute approximate surface area is 172 Å². The average Bonchev–Trinajstić information content (AvgIpc) is 3.02. The molecule has 0 saturated carbocycles. The number of hydrogen-bond acceptors (Lipinski definition) is 5. The molecule has 4 rings (SSSR count). The van der Waals surface area contributed by atoms with Gasteiger partial charge in [0, 0.05) is 16.6 Å². The number of aliphatic imine (C=N–C) groups is 1. The summed E-state index contributed by atoms with van der Waals surface area (Å²) < 4.78 is 28.8. The number of rotatable bonds is 3. The van der Waals surface area contributed by atoms with Crippen LogP contribution in [0.4, 0.5) is 0 Å². The highest BCUT2D eigenvalue weighted by atomic mass is 35.5. The molecule has 0 aromatic heterocycles. The van der Waals surface area contributed by atoms with E-state index in [-0.39, 0.29) is 17.3 Å². The molecule has 0 spiro atoms. The molecule has 2 amide bonds. The van der Waals surface area contributed by atoms with Crippen molar-refractivity contribution in [3.8, 4) is 0 Å². The molecule has 9 heteroatoms. The molecule has 150 valence electrons. The van der Waals surface area contributed by atoms with Crippen LogP contribution in [-0.2, 0) is 24.2 Å². The van der Waals surface area contributed by atoms with Gasteiger partial charge < -0.3 is 10.1 Å². The third-order valence-electron chi connectivity index (χ3n) is 4.74. The topological polar surface area (TPSA) is 102 Å². The molecule has 0 radical (unpaired) electrons. The maximum atomic E-state index is 12.4. The zero-order chi connectivity index (χ0) is 20.6. The van der Waals surface area contributed by atoms with E-state index in [9.17, 15) is 18.0 Å². The molecule has 1 N–H and O–H groups in total. The van der Waals surface area contributed by atoms with Gasteiger partial charge in [-0.25, -0.2) is 13.4 Å². The Morgan fingerprint density at radius 3 is 2.72 bits per heavy atom. The van der Waals surface area contributed by atoms with Gasteiger partial charge in [0.15, 0.2) is 21.7 Å². The first-order valence-corrected chi connectivity index (χ1v) is 11.2. The fraction of sp³-hybridized carbons (Fsp3) is 0.250. The van der Waals surface area contributed by atoms with Crippen LogP contribution in [0.1, 0.15) is 12.0 Å². The summed E-state index contributed by atoms with van der Waals surface area (Å²) in [6.07, 6.45) is 6.11. The average molecular weight is 433 g/mol. The molecule has 2 unspecified atom stereocenters. The summed E-state index contributed by atoms with van der Waals surface area (Å²) in [7, 11) is -3.09. The number of nitrogens with zero attached hydrogens (tertiary/aromatic N) is 1. The van der Waals surface area contributed by atoms with Crippen molar-refractivity contribution in [1.82, 2.24) is 5.32 Å². The molecule has 2 aliphatic heterocycles. The van der Waals surface area contributed by atoms with Gasteiger partial charge in [0.2, 0.25) is 0 Å². The normalized spacial score (nSPS) is 26.4. The molecule has 1 fully saturated rings. The van der Waals surface area contributed by atoms with Crippen LogP contribution in [0.25, 0.3) is 6.08 Å². The number of nitrogens with one attached hydrogen (secondary N) is 1. The number of ether oxygens (including phenoxy) is 1. The van der Waals surface area contributed by atoms with Crippen LogP contribution in [0.2, 0.25) is 5.02 Å². The van der Waals surface area contributed by atoms with E-state index in [0.717, 1.165) is 5.56 Å². The first-order valence-electron chi connectivity index (χ1n) is 8.97. The minimum absolute atomic E-state index is 0.0558. The summed E-state index contributed by atoms with van der Waals surface area (Å²) in [5, 5.41) is 3.30. The fourth-order valence-electron chi connectivity index (χ4n) is 3.26. The SMILES string of the molecule is O=C(NC1CCS(=O)(=O)C1)C1=CC2=NC(=O)/C(=C/c3ccc(Cl)cc3)OC2C=C1. The van der Waals surface area contributed by atoms with Gasteiger partial charge >= 0.3 is 5.91 Å². The largest absolute Gasteiger partial charge is 0.474 e. The van der Waals surface area contributed by atoms with Gasteiger partial charge in [0.25, 0.3) is 5.91 Å². The van der Waals surface area contributed by atoms with Crippen molar-refractivity contribution in [2.75, 3.05) is 11.5 Å². The summed E-state index contributed by atoms with van der Waals surface area (Å²) in [5.74, 6) is -0.825. The molecule has 0 bridgehead atoms. The Balaban J connectivity index is 1.49. The van der Waals surface area contributed by atoms with E-state index in [1.165, 1.54) is 6.08 Å². The summed E-state index contributed by atoms with van der Waals surface area (Å²) >= 11 is 5.86. The number of carbonyl (C=O) groups is 2. The van der Waals surface area contributed by atoms with Crippen LogP contribution in [0.3, 0.4) is 0 Å². The molecular formula is C20H17ClN2O5S. The van der Waals surface area contributed by atoms with Gasteiger partial charge in [-0.15, -0.1) is 0 Å². The van der Waals surface area contributed by atoms with E-state index in [2.05, 4.69) is 10.3 Å². The number of fused-ring (bicyclic) bond motifs is 1. The lowest BCUT2D eigenvalue weighted by Gasteiger charge is -2.24.